The fraction of sp³-hybridized carbons (Fsp3) is 0.185. The first-order chi connectivity index (χ1) is 16.4. The lowest BCUT2D eigenvalue weighted by Crippen LogP contribution is -2.32. The van der Waals surface area contributed by atoms with Gasteiger partial charge in [-0.15, -0.1) is 0 Å². The van der Waals surface area contributed by atoms with Crippen LogP contribution in [-0.4, -0.2) is 34.0 Å². The van der Waals surface area contributed by atoms with Gasteiger partial charge in [-0.25, -0.2) is 4.79 Å². The molecule has 0 spiro atoms. The summed E-state index contributed by atoms with van der Waals surface area (Å²) < 4.78 is 5.53. The molecule has 0 fully saturated rings. The highest BCUT2D eigenvalue weighted by atomic mass is 16.5. The van der Waals surface area contributed by atoms with Gasteiger partial charge in [-0.1, -0.05) is 42.0 Å². The summed E-state index contributed by atoms with van der Waals surface area (Å²) in [4.78, 5) is 12.5. The lowest BCUT2D eigenvalue weighted by atomic mass is 9.97. The van der Waals surface area contributed by atoms with Gasteiger partial charge in [0.15, 0.2) is 0 Å². The fourth-order valence-electron chi connectivity index (χ4n) is 3.87. The summed E-state index contributed by atoms with van der Waals surface area (Å²) in [5.41, 5.74) is 12.1. The third-order valence-corrected chi connectivity index (χ3v) is 5.79. The summed E-state index contributed by atoms with van der Waals surface area (Å²) in [5.74, 6) is -0.319. The predicted molar refractivity (Wildman–Crippen MR) is 133 cm³/mol. The van der Waals surface area contributed by atoms with E-state index in [4.69, 9.17) is 10.5 Å². The number of hydrogen-bond acceptors (Lipinski definition) is 6. The molecule has 1 heterocycles. The highest BCUT2D eigenvalue weighted by Gasteiger charge is 2.20. The minimum Gasteiger partial charge on any atom is -0.423 e. The van der Waals surface area contributed by atoms with E-state index in [1.165, 1.54) is 0 Å². The maximum Gasteiger partial charge on any atom is 0.343 e. The molecule has 1 aromatic heterocycles. The molecule has 174 valence electrons. The lowest BCUT2D eigenvalue weighted by Gasteiger charge is -2.24. The van der Waals surface area contributed by atoms with Crippen LogP contribution < -0.4 is 15.8 Å². The Kier molecular flexibility index (Phi) is 7.06. The smallest absolute Gasteiger partial charge is 0.343 e. The molecule has 5 N–H and O–H groups in total. The standard InChI is InChI=1S/C27H28N4O3/c1-17-3-12-24(18(2)13-17)27(33)34-23-10-6-20(7-11-23)25(14-28)26(32)31-22-8-4-19(5-9-22)21-15-29-30-16-21/h3-13,15-16,25-26,31-32H,14,28H2,1-2H3,(H,29,30). The number of aryl methyl sites for hydroxylation is 2. The number of nitrogens with zero attached hydrogens (tertiary/aromatic N) is 1. The Morgan fingerprint density at radius 2 is 1.79 bits per heavy atom. The third-order valence-electron chi connectivity index (χ3n) is 5.79. The van der Waals surface area contributed by atoms with Crippen molar-refractivity contribution in [1.82, 2.24) is 10.2 Å². The number of ether oxygens (including phenoxy) is 1. The second kappa shape index (κ2) is 10.3. The Hall–Kier alpha value is -3.94. The molecule has 0 aliphatic carbocycles. The van der Waals surface area contributed by atoms with E-state index in [1.54, 1.807) is 24.4 Å². The zero-order valence-corrected chi connectivity index (χ0v) is 19.2. The molecule has 2 atom stereocenters. The van der Waals surface area contributed by atoms with E-state index in [-0.39, 0.29) is 12.5 Å². The molecule has 4 rings (SSSR count). The number of aliphatic hydroxyl groups is 1. The van der Waals surface area contributed by atoms with Gasteiger partial charge in [0.05, 0.1) is 11.8 Å². The molecule has 0 amide bonds. The van der Waals surface area contributed by atoms with Crippen LogP contribution in [0.4, 0.5) is 5.69 Å². The lowest BCUT2D eigenvalue weighted by molar-refractivity contribution is 0.0734. The second-order valence-corrected chi connectivity index (χ2v) is 8.27. The highest BCUT2D eigenvalue weighted by molar-refractivity contribution is 5.92. The van der Waals surface area contributed by atoms with Crippen LogP contribution >= 0.6 is 0 Å². The van der Waals surface area contributed by atoms with Gasteiger partial charge in [0.2, 0.25) is 0 Å². The quantitative estimate of drug-likeness (QED) is 0.178. The van der Waals surface area contributed by atoms with Gasteiger partial charge in [0, 0.05) is 29.9 Å². The highest BCUT2D eigenvalue weighted by Crippen LogP contribution is 2.25. The number of aliphatic hydroxyl groups excluding tert-OH is 1. The monoisotopic (exact) mass is 456 g/mol. The number of carbonyl (C=O) groups excluding carboxylic acids is 1. The number of nitrogens with one attached hydrogen (secondary N) is 2. The zero-order chi connectivity index (χ0) is 24.1. The first kappa shape index (κ1) is 23.2. The second-order valence-electron chi connectivity index (χ2n) is 8.27. The van der Waals surface area contributed by atoms with Crippen molar-refractivity contribution in [2.75, 3.05) is 11.9 Å². The summed E-state index contributed by atoms with van der Waals surface area (Å²) in [6.07, 6.45) is 2.68. The number of benzene rings is 3. The molecule has 34 heavy (non-hydrogen) atoms. The number of rotatable bonds is 8. The molecule has 7 heteroatoms. The van der Waals surface area contributed by atoms with Crippen LogP contribution in [-0.2, 0) is 0 Å². The topological polar surface area (TPSA) is 113 Å². The zero-order valence-electron chi connectivity index (χ0n) is 19.2. The SMILES string of the molecule is Cc1ccc(C(=O)Oc2ccc(C(CN)C(O)Nc3ccc(-c4cn[nH]c4)cc3)cc2)c(C)c1. The van der Waals surface area contributed by atoms with Gasteiger partial charge in [-0.05, 0) is 60.9 Å². The number of H-pyrrole nitrogens is 1. The molecule has 0 radical (unpaired) electrons. The summed E-state index contributed by atoms with van der Waals surface area (Å²) in [5, 5.41) is 20.7. The number of anilines is 1. The van der Waals surface area contributed by atoms with Crippen LogP contribution in [0.15, 0.2) is 79.1 Å². The number of aromatic nitrogens is 2. The average molecular weight is 457 g/mol. The van der Waals surface area contributed by atoms with Crippen LogP contribution in [0.2, 0.25) is 0 Å². The van der Waals surface area contributed by atoms with Crippen molar-refractivity contribution in [3.63, 3.8) is 0 Å². The Balaban J connectivity index is 1.40. The molecule has 2 unspecified atom stereocenters. The van der Waals surface area contributed by atoms with E-state index in [9.17, 15) is 9.90 Å². The molecule has 4 aromatic rings. The van der Waals surface area contributed by atoms with Gasteiger partial charge >= 0.3 is 5.97 Å². The van der Waals surface area contributed by atoms with Crippen LogP contribution in [0, 0.1) is 13.8 Å². The van der Waals surface area contributed by atoms with E-state index in [0.29, 0.717) is 11.3 Å². The van der Waals surface area contributed by atoms with Gasteiger partial charge in [0.25, 0.3) is 0 Å². The molecule has 0 saturated carbocycles. The van der Waals surface area contributed by atoms with Crippen molar-refractivity contribution in [2.24, 2.45) is 5.73 Å². The van der Waals surface area contributed by atoms with Crippen LogP contribution in [0.5, 0.6) is 5.75 Å². The summed E-state index contributed by atoms with van der Waals surface area (Å²) in [7, 11) is 0. The van der Waals surface area contributed by atoms with Gasteiger partial charge in [0.1, 0.15) is 12.0 Å². The van der Waals surface area contributed by atoms with E-state index >= 15 is 0 Å². The van der Waals surface area contributed by atoms with Gasteiger partial charge in [-0.2, -0.15) is 5.10 Å². The van der Waals surface area contributed by atoms with Crippen LogP contribution in [0.3, 0.4) is 0 Å². The van der Waals surface area contributed by atoms with Crippen molar-refractivity contribution in [3.8, 4) is 16.9 Å². The van der Waals surface area contributed by atoms with Gasteiger partial charge < -0.3 is 20.9 Å². The van der Waals surface area contributed by atoms with E-state index in [2.05, 4.69) is 15.5 Å². The normalized spacial score (nSPS) is 12.7. The Morgan fingerprint density at radius 3 is 2.41 bits per heavy atom. The molecular weight excluding hydrogens is 428 g/mol. The van der Waals surface area contributed by atoms with Gasteiger partial charge in [-0.3, -0.25) is 5.10 Å². The number of nitrogens with two attached hydrogens (primary N) is 1. The van der Waals surface area contributed by atoms with Crippen LogP contribution in [0.25, 0.3) is 11.1 Å². The van der Waals surface area contributed by atoms with Crippen molar-refractivity contribution in [2.45, 2.75) is 26.0 Å². The van der Waals surface area contributed by atoms with Crippen molar-refractivity contribution >= 4 is 11.7 Å². The van der Waals surface area contributed by atoms with E-state index in [1.807, 2.05) is 68.6 Å². The number of carbonyl (C=O) groups is 1. The summed E-state index contributed by atoms with van der Waals surface area (Å²) in [6.45, 7) is 4.11. The van der Waals surface area contributed by atoms with Crippen molar-refractivity contribution < 1.29 is 14.6 Å². The number of esters is 1. The number of hydrogen-bond donors (Lipinski definition) is 4. The maximum absolute atomic E-state index is 12.5. The molecular formula is C27H28N4O3. The average Bonchev–Trinajstić information content (AvgIpc) is 3.36. The molecule has 7 nitrogen and oxygen atoms in total. The Labute approximate surface area is 198 Å². The molecule has 3 aromatic carbocycles. The third kappa shape index (κ3) is 5.33. The number of aromatic amines is 1. The Bertz CT molecular complexity index is 1240. The van der Waals surface area contributed by atoms with E-state index in [0.717, 1.165) is 33.5 Å². The largest absolute Gasteiger partial charge is 0.423 e. The first-order valence-electron chi connectivity index (χ1n) is 11.1. The van der Waals surface area contributed by atoms with E-state index < -0.39 is 12.2 Å². The minimum atomic E-state index is -0.895. The minimum absolute atomic E-state index is 0.239. The van der Waals surface area contributed by atoms with Crippen molar-refractivity contribution in [1.29, 1.82) is 0 Å². The first-order valence-corrected chi connectivity index (χ1v) is 11.1. The molecule has 0 bridgehead atoms. The summed E-state index contributed by atoms with van der Waals surface area (Å²) in [6, 6.07) is 20.4. The maximum atomic E-state index is 12.5. The van der Waals surface area contributed by atoms with Crippen LogP contribution in [0.1, 0.15) is 33.0 Å². The molecule has 0 saturated heterocycles. The summed E-state index contributed by atoms with van der Waals surface area (Å²) >= 11 is 0. The molecule has 0 aliphatic rings. The molecule has 0 aliphatic heterocycles. The fourth-order valence-corrected chi connectivity index (χ4v) is 3.87. The van der Waals surface area contributed by atoms with Crippen molar-refractivity contribution in [3.05, 3.63) is 101 Å². The Morgan fingerprint density at radius 1 is 1.06 bits per heavy atom. The predicted octanol–water partition coefficient (Wildman–Crippen LogP) is 4.39.